The minimum absolute atomic E-state index is 0.0209. The van der Waals surface area contributed by atoms with Crippen LogP contribution in [0.3, 0.4) is 0 Å². The number of rotatable bonds is 8. The van der Waals surface area contributed by atoms with Gasteiger partial charge in [0.2, 0.25) is 0 Å². The predicted molar refractivity (Wildman–Crippen MR) is 128 cm³/mol. The van der Waals surface area contributed by atoms with Gasteiger partial charge in [0.25, 0.3) is 11.5 Å². The monoisotopic (exact) mass is 520 g/mol. The molecule has 10 heteroatoms. The second-order valence-corrected chi connectivity index (χ2v) is 8.44. The number of nitrogens with two attached hydrogens (primary N) is 1. The molecule has 1 heterocycles. The van der Waals surface area contributed by atoms with Gasteiger partial charge in [-0.1, -0.05) is 41.4 Å². The van der Waals surface area contributed by atoms with Gasteiger partial charge in [0.05, 0.1) is 24.2 Å². The highest BCUT2D eigenvalue weighted by atomic mass is 79.9. The van der Waals surface area contributed by atoms with E-state index >= 15 is 0 Å². The summed E-state index contributed by atoms with van der Waals surface area (Å²) in [6.45, 7) is 3.62. The van der Waals surface area contributed by atoms with Gasteiger partial charge in [-0.3, -0.25) is 9.59 Å². The van der Waals surface area contributed by atoms with Crippen molar-refractivity contribution in [2.24, 2.45) is 10.8 Å². The van der Waals surface area contributed by atoms with Crippen LogP contribution in [0.25, 0.3) is 10.9 Å². The maximum absolute atomic E-state index is 13.3. The Morgan fingerprint density at radius 2 is 2.12 bits per heavy atom. The van der Waals surface area contributed by atoms with E-state index in [0.717, 1.165) is 10.9 Å². The highest BCUT2D eigenvalue weighted by molar-refractivity contribution is 9.10. The topological polar surface area (TPSA) is 109 Å². The first-order valence-electron chi connectivity index (χ1n) is 9.80. The SMILES string of the molecule is CC[C@@H](C)c1nc2ccc(Br)cc2c(=O)n1N=Cc1cc(Cl)cc(OC)c1OCC(N)=O. The molecule has 0 unspecified atom stereocenters. The van der Waals surface area contributed by atoms with E-state index < -0.39 is 5.91 Å². The number of amides is 1. The number of nitrogens with zero attached hydrogens (tertiary/aromatic N) is 3. The standard InChI is InChI=1S/C22H22BrClN4O4/c1-4-12(2)21-27-17-6-5-14(23)8-16(17)22(30)28(21)26-10-13-7-15(24)9-18(31-3)20(13)32-11-19(25)29/h5-10,12H,4,11H2,1-3H3,(H2,25,29)/t12-/m1/s1. The van der Waals surface area contributed by atoms with Crippen LogP contribution in [0.15, 0.2) is 44.7 Å². The molecule has 3 aromatic rings. The fourth-order valence-electron chi connectivity index (χ4n) is 3.03. The van der Waals surface area contributed by atoms with E-state index in [-0.39, 0.29) is 23.8 Å². The summed E-state index contributed by atoms with van der Waals surface area (Å²) in [6, 6.07) is 8.46. The smallest absolute Gasteiger partial charge is 0.282 e. The van der Waals surface area contributed by atoms with Crippen LogP contribution in [0.2, 0.25) is 5.02 Å². The number of carbonyl (C=O) groups excluding carboxylic acids is 1. The van der Waals surface area contributed by atoms with Crippen LogP contribution in [0.4, 0.5) is 0 Å². The van der Waals surface area contributed by atoms with Gasteiger partial charge in [-0.25, -0.2) is 4.98 Å². The maximum atomic E-state index is 13.3. The summed E-state index contributed by atoms with van der Waals surface area (Å²) >= 11 is 9.59. The summed E-state index contributed by atoms with van der Waals surface area (Å²) in [4.78, 5) is 29.2. The lowest BCUT2D eigenvalue weighted by molar-refractivity contribution is -0.119. The van der Waals surface area contributed by atoms with Gasteiger partial charge < -0.3 is 15.2 Å². The van der Waals surface area contributed by atoms with Crippen molar-refractivity contribution in [2.75, 3.05) is 13.7 Å². The van der Waals surface area contributed by atoms with Gasteiger partial charge in [0.1, 0.15) is 5.82 Å². The lowest BCUT2D eigenvalue weighted by Crippen LogP contribution is -2.24. The van der Waals surface area contributed by atoms with Crippen LogP contribution >= 0.6 is 27.5 Å². The van der Waals surface area contributed by atoms with Crippen molar-refractivity contribution < 1.29 is 14.3 Å². The molecular weight excluding hydrogens is 500 g/mol. The number of halogens is 2. The number of fused-ring (bicyclic) bond motifs is 1. The Morgan fingerprint density at radius 3 is 2.78 bits per heavy atom. The molecule has 1 aromatic heterocycles. The lowest BCUT2D eigenvalue weighted by Gasteiger charge is -2.15. The van der Waals surface area contributed by atoms with Crippen molar-refractivity contribution in [1.82, 2.24) is 9.66 Å². The molecule has 1 atom stereocenters. The Kier molecular flexibility index (Phi) is 7.52. The summed E-state index contributed by atoms with van der Waals surface area (Å²) in [7, 11) is 1.44. The van der Waals surface area contributed by atoms with E-state index in [1.54, 1.807) is 24.3 Å². The van der Waals surface area contributed by atoms with E-state index in [1.807, 2.05) is 19.9 Å². The predicted octanol–water partition coefficient (Wildman–Crippen LogP) is 4.08. The number of hydrogen-bond donors (Lipinski definition) is 1. The molecule has 2 aromatic carbocycles. The molecule has 1 amide bonds. The minimum Gasteiger partial charge on any atom is -0.493 e. The third-order valence-electron chi connectivity index (χ3n) is 4.83. The molecule has 0 aliphatic carbocycles. The van der Waals surface area contributed by atoms with Gasteiger partial charge in [-0.15, -0.1) is 0 Å². The molecule has 32 heavy (non-hydrogen) atoms. The zero-order chi connectivity index (χ0) is 23.4. The fraction of sp³-hybridized carbons (Fsp3) is 0.273. The third kappa shape index (κ3) is 5.11. The fourth-order valence-corrected chi connectivity index (χ4v) is 3.61. The molecule has 3 rings (SSSR count). The van der Waals surface area contributed by atoms with Gasteiger partial charge in [-0.2, -0.15) is 9.78 Å². The van der Waals surface area contributed by atoms with Gasteiger partial charge in [-0.05, 0) is 30.7 Å². The first-order valence-corrected chi connectivity index (χ1v) is 11.0. The molecule has 0 radical (unpaired) electrons. The molecular formula is C22H22BrClN4O4. The highest BCUT2D eigenvalue weighted by Crippen LogP contribution is 2.34. The Balaban J connectivity index is 2.19. The van der Waals surface area contributed by atoms with Crippen LogP contribution in [0.5, 0.6) is 11.5 Å². The van der Waals surface area contributed by atoms with Crippen molar-refractivity contribution in [3.05, 3.63) is 61.6 Å². The number of methoxy groups -OCH3 is 1. The minimum atomic E-state index is -0.649. The first kappa shape index (κ1) is 23.7. The normalized spacial score (nSPS) is 12.3. The molecule has 2 N–H and O–H groups in total. The van der Waals surface area contributed by atoms with Gasteiger partial charge in [0.15, 0.2) is 18.1 Å². The van der Waals surface area contributed by atoms with Crippen LogP contribution in [-0.2, 0) is 4.79 Å². The Labute approximate surface area is 198 Å². The summed E-state index contributed by atoms with van der Waals surface area (Å²) in [6.07, 6.45) is 2.19. The molecule has 0 saturated heterocycles. The molecule has 0 aliphatic heterocycles. The largest absolute Gasteiger partial charge is 0.493 e. The van der Waals surface area contributed by atoms with Crippen LogP contribution in [0, 0.1) is 0 Å². The Bertz CT molecular complexity index is 1260. The molecule has 0 bridgehead atoms. The summed E-state index contributed by atoms with van der Waals surface area (Å²) in [5.74, 6) is 0.387. The van der Waals surface area contributed by atoms with E-state index in [9.17, 15) is 9.59 Å². The summed E-state index contributed by atoms with van der Waals surface area (Å²) < 4.78 is 12.9. The molecule has 0 spiro atoms. The molecule has 0 aliphatic rings. The quantitative estimate of drug-likeness (QED) is 0.449. The van der Waals surface area contributed by atoms with Crippen LogP contribution < -0.4 is 20.8 Å². The van der Waals surface area contributed by atoms with E-state index in [4.69, 9.17) is 26.8 Å². The first-order chi connectivity index (χ1) is 15.2. The number of aromatic nitrogens is 2. The molecule has 168 valence electrons. The number of primary amides is 1. The molecule has 0 saturated carbocycles. The van der Waals surface area contributed by atoms with Gasteiger partial charge in [0, 0.05) is 27.0 Å². The number of ether oxygens (including phenoxy) is 2. The third-order valence-corrected chi connectivity index (χ3v) is 5.54. The zero-order valence-corrected chi connectivity index (χ0v) is 20.1. The average Bonchev–Trinajstić information content (AvgIpc) is 2.76. The Hall–Kier alpha value is -2.91. The van der Waals surface area contributed by atoms with Crippen molar-refractivity contribution in [3.63, 3.8) is 0 Å². The van der Waals surface area contributed by atoms with E-state index in [2.05, 4.69) is 26.0 Å². The van der Waals surface area contributed by atoms with Crippen molar-refractivity contribution in [2.45, 2.75) is 26.2 Å². The molecule has 0 fully saturated rings. The average molecular weight is 522 g/mol. The lowest BCUT2D eigenvalue weighted by atomic mass is 10.1. The summed E-state index contributed by atoms with van der Waals surface area (Å²) in [5, 5.41) is 5.21. The van der Waals surface area contributed by atoms with Crippen molar-refractivity contribution >= 4 is 50.6 Å². The second kappa shape index (κ2) is 10.1. The van der Waals surface area contributed by atoms with Crippen LogP contribution in [0.1, 0.15) is 37.6 Å². The zero-order valence-electron chi connectivity index (χ0n) is 17.8. The number of hydrogen-bond acceptors (Lipinski definition) is 6. The van der Waals surface area contributed by atoms with Gasteiger partial charge >= 0.3 is 0 Å². The Morgan fingerprint density at radius 1 is 1.38 bits per heavy atom. The number of carbonyl (C=O) groups is 1. The van der Waals surface area contributed by atoms with Crippen molar-refractivity contribution in [1.29, 1.82) is 0 Å². The number of benzene rings is 2. The highest BCUT2D eigenvalue weighted by Gasteiger charge is 2.17. The van der Waals surface area contributed by atoms with E-state index in [0.29, 0.717) is 33.1 Å². The maximum Gasteiger partial charge on any atom is 0.282 e. The second-order valence-electron chi connectivity index (χ2n) is 7.08. The van der Waals surface area contributed by atoms with Crippen LogP contribution in [-0.4, -0.2) is 35.5 Å². The summed E-state index contributed by atoms with van der Waals surface area (Å²) in [5.41, 5.74) is 5.90. The molecule has 8 nitrogen and oxygen atoms in total. The van der Waals surface area contributed by atoms with E-state index in [1.165, 1.54) is 18.0 Å². The van der Waals surface area contributed by atoms with Crippen molar-refractivity contribution in [3.8, 4) is 11.5 Å².